The van der Waals surface area contributed by atoms with Crippen LogP contribution in [0.3, 0.4) is 0 Å². The molecule has 3 heteroatoms. The van der Waals surface area contributed by atoms with Gasteiger partial charge < -0.3 is 5.32 Å². The Hall–Kier alpha value is -0.410. The van der Waals surface area contributed by atoms with Crippen LogP contribution in [-0.2, 0) is 6.42 Å². The minimum Gasteiger partial charge on any atom is -0.317 e. The zero-order chi connectivity index (χ0) is 9.97. The molecule has 2 atom stereocenters. The molecule has 2 unspecified atom stereocenters. The van der Waals surface area contributed by atoms with Gasteiger partial charge in [-0.05, 0) is 18.9 Å². The van der Waals surface area contributed by atoms with E-state index < -0.39 is 0 Å². The van der Waals surface area contributed by atoms with E-state index in [0.29, 0.717) is 0 Å². The Morgan fingerprint density at radius 2 is 2.43 bits per heavy atom. The maximum Gasteiger partial charge on any atom is 0.0962 e. The maximum absolute atomic E-state index is 4.67. The Morgan fingerprint density at radius 3 is 3.07 bits per heavy atom. The summed E-state index contributed by atoms with van der Waals surface area (Å²) in [6, 6.07) is 0. The summed E-state index contributed by atoms with van der Waals surface area (Å²) in [5, 5.41) is 6.91. The highest BCUT2D eigenvalue weighted by Gasteiger charge is 2.36. The Bertz CT molecular complexity index is 295. The minimum atomic E-state index is 0.785. The van der Waals surface area contributed by atoms with Gasteiger partial charge in [0.1, 0.15) is 0 Å². The van der Waals surface area contributed by atoms with Gasteiger partial charge in [0.25, 0.3) is 0 Å². The summed E-state index contributed by atoms with van der Waals surface area (Å²) in [6.45, 7) is 6.55. The molecular weight excluding hydrogens is 192 g/mol. The molecule has 2 rings (SSSR count). The van der Waals surface area contributed by atoms with E-state index in [1.165, 1.54) is 17.1 Å². The van der Waals surface area contributed by atoms with E-state index in [1.54, 1.807) is 0 Å². The summed E-state index contributed by atoms with van der Waals surface area (Å²) < 4.78 is 0. The number of thiazole rings is 1. The predicted octanol–water partition coefficient (Wildman–Crippen LogP) is 2.42. The molecule has 1 aromatic rings. The van der Waals surface area contributed by atoms with Crippen LogP contribution in [0.5, 0.6) is 0 Å². The van der Waals surface area contributed by atoms with Gasteiger partial charge >= 0.3 is 0 Å². The van der Waals surface area contributed by atoms with Crippen LogP contribution in [0.15, 0.2) is 5.38 Å². The van der Waals surface area contributed by atoms with Gasteiger partial charge in [-0.1, -0.05) is 13.8 Å². The lowest BCUT2D eigenvalue weighted by Crippen LogP contribution is -2.16. The number of aromatic nitrogens is 1. The molecule has 0 amide bonds. The summed E-state index contributed by atoms with van der Waals surface area (Å²) in [5.41, 5.74) is 1.27. The summed E-state index contributed by atoms with van der Waals surface area (Å²) >= 11 is 1.84. The number of rotatable bonds is 5. The lowest BCUT2D eigenvalue weighted by atomic mass is 10.3. The van der Waals surface area contributed by atoms with Crippen molar-refractivity contribution in [2.24, 2.45) is 5.92 Å². The van der Waals surface area contributed by atoms with Crippen LogP contribution in [0, 0.1) is 5.92 Å². The highest BCUT2D eigenvalue weighted by atomic mass is 32.1. The molecule has 1 heterocycles. The highest BCUT2D eigenvalue weighted by Crippen LogP contribution is 2.47. The lowest BCUT2D eigenvalue weighted by molar-refractivity contribution is 0.708. The normalized spacial score (nSPS) is 25.3. The van der Waals surface area contributed by atoms with Crippen LogP contribution in [0.4, 0.5) is 0 Å². The maximum atomic E-state index is 4.67. The molecule has 1 aromatic heterocycles. The van der Waals surface area contributed by atoms with Crippen LogP contribution in [0.1, 0.15) is 36.9 Å². The van der Waals surface area contributed by atoms with E-state index in [2.05, 4.69) is 29.5 Å². The Balaban J connectivity index is 1.84. The average Bonchev–Trinajstić information content (AvgIpc) is 2.74. The number of nitrogens with one attached hydrogen (secondary N) is 1. The number of nitrogens with zero attached hydrogens (tertiary/aromatic N) is 1. The first-order chi connectivity index (χ1) is 6.81. The fourth-order valence-corrected chi connectivity index (χ4v) is 2.77. The molecule has 1 fully saturated rings. The smallest absolute Gasteiger partial charge is 0.0962 e. The van der Waals surface area contributed by atoms with E-state index in [9.17, 15) is 0 Å². The van der Waals surface area contributed by atoms with Gasteiger partial charge in [0.05, 0.1) is 10.7 Å². The molecule has 0 radical (unpaired) electrons. The van der Waals surface area contributed by atoms with Crippen molar-refractivity contribution < 1.29 is 0 Å². The van der Waals surface area contributed by atoms with Crippen molar-refractivity contribution in [1.82, 2.24) is 10.3 Å². The monoisotopic (exact) mass is 210 g/mol. The van der Waals surface area contributed by atoms with Crippen LogP contribution >= 0.6 is 11.3 Å². The largest absolute Gasteiger partial charge is 0.317 e. The van der Waals surface area contributed by atoms with Gasteiger partial charge in [0.2, 0.25) is 0 Å². The van der Waals surface area contributed by atoms with Crippen LogP contribution < -0.4 is 5.32 Å². The Morgan fingerprint density at radius 1 is 1.64 bits per heavy atom. The first-order valence-corrected chi connectivity index (χ1v) is 6.34. The van der Waals surface area contributed by atoms with Gasteiger partial charge in [0, 0.05) is 24.3 Å². The molecular formula is C11H18N2S. The molecule has 0 spiro atoms. The summed E-state index contributed by atoms with van der Waals surface area (Å²) in [6.07, 6.45) is 2.42. The fourth-order valence-electron chi connectivity index (χ4n) is 1.67. The van der Waals surface area contributed by atoms with Crippen molar-refractivity contribution in [2.45, 2.75) is 32.6 Å². The van der Waals surface area contributed by atoms with Crippen molar-refractivity contribution in [3.05, 3.63) is 16.1 Å². The third-order valence-corrected chi connectivity index (χ3v) is 3.83. The lowest BCUT2D eigenvalue weighted by Gasteiger charge is -1.97. The zero-order valence-corrected chi connectivity index (χ0v) is 9.73. The molecule has 0 saturated heterocycles. The molecule has 1 saturated carbocycles. The quantitative estimate of drug-likeness (QED) is 0.755. The molecule has 1 aliphatic rings. The van der Waals surface area contributed by atoms with Gasteiger partial charge in [0.15, 0.2) is 0 Å². The first-order valence-electron chi connectivity index (χ1n) is 5.46. The minimum absolute atomic E-state index is 0.785. The topological polar surface area (TPSA) is 24.9 Å². The number of likely N-dealkylation sites (N-methyl/N-ethyl adjacent to an activating group) is 1. The van der Waals surface area contributed by atoms with E-state index in [1.807, 2.05) is 11.3 Å². The summed E-state index contributed by atoms with van der Waals surface area (Å²) in [5.74, 6) is 1.66. The standard InChI is InChI=1S/C11H18N2S/c1-3-12-5-4-9-7-14-11(13-9)10-6-8(10)2/h7-8,10,12H,3-6H2,1-2H3. The number of hydrogen-bond acceptors (Lipinski definition) is 3. The average molecular weight is 210 g/mol. The second kappa shape index (κ2) is 4.41. The van der Waals surface area contributed by atoms with E-state index in [0.717, 1.165) is 31.3 Å². The molecule has 0 aliphatic heterocycles. The van der Waals surface area contributed by atoms with E-state index in [-0.39, 0.29) is 0 Å². The third kappa shape index (κ3) is 2.34. The number of hydrogen-bond donors (Lipinski definition) is 1. The molecule has 1 N–H and O–H groups in total. The Labute approximate surface area is 89.8 Å². The second-order valence-electron chi connectivity index (χ2n) is 4.10. The fraction of sp³-hybridized carbons (Fsp3) is 0.727. The Kier molecular flexibility index (Phi) is 3.19. The van der Waals surface area contributed by atoms with Crippen LogP contribution in [0.2, 0.25) is 0 Å². The molecule has 0 bridgehead atoms. The third-order valence-electron chi connectivity index (χ3n) is 2.80. The zero-order valence-electron chi connectivity index (χ0n) is 8.92. The summed E-state index contributed by atoms with van der Waals surface area (Å²) in [7, 11) is 0. The van der Waals surface area contributed by atoms with Crippen molar-refractivity contribution in [3.63, 3.8) is 0 Å². The molecule has 2 nitrogen and oxygen atoms in total. The SMILES string of the molecule is CCNCCc1csc(C2CC2C)n1. The van der Waals surface area contributed by atoms with Crippen LogP contribution in [0.25, 0.3) is 0 Å². The van der Waals surface area contributed by atoms with Gasteiger partial charge in [-0.15, -0.1) is 11.3 Å². The van der Waals surface area contributed by atoms with Gasteiger partial charge in [-0.3, -0.25) is 0 Å². The van der Waals surface area contributed by atoms with Gasteiger partial charge in [-0.25, -0.2) is 4.98 Å². The first kappa shape index (κ1) is 10.1. The van der Waals surface area contributed by atoms with Gasteiger partial charge in [-0.2, -0.15) is 0 Å². The van der Waals surface area contributed by atoms with Crippen molar-refractivity contribution in [1.29, 1.82) is 0 Å². The second-order valence-corrected chi connectivity index (χ2v) is 4.99. The van der Waals surface area contributed by atoms with Crippen LogP contribution in [-0.4, -0.2) is 18.1 Å². The highest BCUT2D eigenvalue weighted by molar-refractivity contribution is 7.09. The molecule has 0 aromatic carbocycles. The summed E-state index contributed by atoms with van der Waals surface area (Å²) in [4.78, 5) is 4.67. The predicted molar refractivity (Wildman–Crippen MR) is 60.9 cm³/mol. The van der Waals surface area contributed by atoms with E-state index in [4.69, 9.17) is 0 Å². The van der Waals surface area contributed by atoms with Crippen molar-refractivity contribution >= 4 is 11.3 Å². The van der Waals surface area contributed by atoms with Crippen molar-refractivity contribution in [2.75, 3.05) is 13.1 Å². The van der Waals surface area contributed by atoms with E-state index >= 15 is 0 Å². The molecule has 78 valence electrons. The molecule has 14 heavy (non-hydrogen) atoms. The molecule has 1 aliphatic carbocycles. The van der Waals surface area contributed by atoms with Crippen molar-refractivity contribution in [3.8, 4) is 0 Å².